The number of nitrogens with zero attached hydrogens (tertiary/aromatic N) is 2. The van der Waals surface area contributed by atoms with E-state index < -0.39 is 0 Å². The Hall–Kier alpha value is -2.36. The van der Waals surface area contributed by atoms with Crippen LogP contribution in [-0.4, -0.2) is 15.0 Å². The van der Waals surface area contributed by atoms with Gasteiger partial charge in [0.25, 0.3) is 0 Å². The normalized spacial score (nSPS) is 10.9. The zero-order chi connectivity index (χ0) is 12.5. The Morgan fingerprint density at radius 2 is 2.11 bits per heavy atom. The number of nitrogens with two attached hydrogens (primary N) is 1. The summed E-state index contributed by atoms with van der Waals surface area (Å²) in [7, 11) is 0. The van der Waals surface area contributed by atoms with E-state index in [9.17, 15) is 0 Å². The van der Waals surface area contributed by atoms with Gasteiger partial charge in [-0.3, -0.25) is 0 Å². The Kier molecular flexibility index (Phi) is 2.48. The second kappa shape index (κ2) is 4.14. The van der Waals surface area contributed by atoms with Crippen LogP contribution in [0.15, 0.2) is 36.5 Å². The number of hydrogen-bond donors (Lipinski definition) is 2. The van der Waals surface area contributed by atoms with Gasteiger partial charge in [-0.05, 0) is 36.2 Å². The van der Waals surface area contributed by atoms with Crippen molar-refractivity contribution in [2.45, 2.75) is 13.3 Å². The Morgan fingerprint density at radius 1 is 1.22 bits per heavy atom. The molecule has 3 rings (SSSR count). The molecule has 0 spiro atoms. The third-order valence-corrected chi connectivity index (χ3v) is 3.01. The molecule has 0 fully saturated rings. The molecule has 0 atom stereocenters. The maximum atomic E-state index is 5.68. The van der Waals surface area contributed by atoms with Crippen molar-refractivity contribution >= 4 is 16.9 Å². The van der Waals surface area contributed by atoms with Crippen molar-refractivity contribution in [2.75, 3.05) is 5.73 Å². The summed E-state index contributed by atoms with van der Waals surface area (Å²) in [5, 5.41) is 0. The average molecular weight is 238 g/mol. The SMILES string of the molecule is CCc1ccc2nc(-c3ccnc(N)c3)[nH]c2c1. The molecule has 0 aliphatic heterocycles. The Labute approximate surface area is 105 Å². The van der Waals surface area contributed by atoms with Crippen molar-refractivity contribution in [3.63, 3.8) is 0 Å². The average Bonchev–Trinajstić information content (AvgIpc) is 2.81. The Balaban J connectivity index is 2.13. The van der Waals surface area contributed by atoms with Gasteiger partial charge in [-0.25, -0.2) is 9.97 Å². The third-order valence-electron chi connectivity index (χ3n) is 3.01. The quantitative estimate of drug-likeness (QED) is 0.721. The number of aryl methyl sites for hydroxylation is 1. The molecule has 2 heterocycles. The fraction of sp³-hybridized carbons (Fsp3) is 0.143. The molecule has 90 valence electrons. The predicted octanol–water partition coefficient (Wildman–Crippen LogP) is 2.77. The van der Waals surface area contributed by atoms with Crippen molar-refractivity contribution in [1.29, 1.82) is 0 Å². The number of pyridine rings is 1. The lowest BCUT2D eigenvalue weighted by Crippen LogP contribution is -1.90. The summed E-state index contributed by atoms with van der Waals surface area (Å²) in [5.41, 5.74) is 9.96. The minimum absolute atomic E-state index is 0.502. The van der Waals surface area contributed by atoms with Gasteiger partial charge in [0.1, 0.15) is 11.6 Å². The number of benzene rings is 1. The molecule has 0 unspecified atom stereocenters. The number of fused-ring (bicyclic) bond motifs is 1. The number of aromatic amines is 1. The zero-order valence-electron chi connectivity index (χ0n) is 10.1. The lowest BCUT2D eigenvalue weighted by atomic mass is 10.1. The molecule has 0 bridgehead atoms. The van der Waals surface area contributed by atoms with Crippen LogP contribution < -0.4 is 5.73 Å². The summed E-state index contributed by atoms with van der Waals surface area (Å²) in [6, 6.07) is 10.00. The maximum absolute atomic E-state index is 5.68. The Morgan fingerprint density at radius 3 is 2.89 bits per heavy atom. The second-order valence-electron chi connectivity index (χ2n) is 4.26. The third kappa shape index (κ3) is 1.82. The van der Waals surface area contributed by atoms with Crippen LogP contribution in [0.4, 0.5) is 5.82 Å². The molecular weight excluding hydrogens is 224 g/mol. The van der Waals surface area contributed by atoms with Gasteiger partial charge in [0, 0.05) is 11.8 Å². The van der Waals surface area contributed by atoms with Gasteiger partial charge in [-0.2, -0.15) is 0 Å². The minimum Gasteiger partial charge on any atom is -0.384 e. The molecule has 0 saturated heterocycles. The topological polar surface area (TPSA) is 67.6 Å². The van der Waals surface area contributed by atoms with Crippen LogP contribution in [0.3, 0.4) is 0 Å². The summed E-state index contributed by atoms with van der Waals surface area (Å²) in [6.45, 7) is 2.14. The first-order valence-electron chi connectivity index (χ1n) is 5.97. The van der Waals surface area contributed by atoms with Gasteiger partial charge >= 0.3 is 0 Å². The lowest BCUT2D eigenvalue weighted by molar-refractivity contribution is 1.14. The number of aromatic nitrogens is 3. The highest BCUT2D eigenvalue weighted by Gasteiger charge is 2.06. The van der Waals surface area contributed by atoms with Crippen molar-refractivity contribution < 1.29 is 0 Å². The van der Waals surface area contributed by atoms with E-state index in [1.54, 1.807) is 6.20 Å². The number of nitrogens with one attached hydrogen (secondary N) is 1. The second-order valence-corrected chi connectivity index (χ2v) is 4.26. The van der Waals surface area contributed by atoms with Crippen LogP contribution >= 0.6 is 0 Å². The Bertz CT molecular complexity index is 700. The highest BCUT2D eigenvalue weighted by Crippen LogP contribution is 2.22. The monoisotopic (exact) mass is 238 g/mol. The summed E-state index contributed by atoms with van der Waals surface area (Å²) >= 11 is 0. The van der Waals surface area contributed by atoms with E-state index in [1.165, 1.54) is 5.56 Å². The van der Waals surface area contributed by atoms with E-state index >= 15 is 0 Å². The van der Waals surface area contributed by atoms with Crippen LogP contribution in [0.5, 0.6) is 0 Å². The zero-order valence-corrected chi connectivity index (χ0v) is 10.1. The molecule has 2 aromatic heterocycles. The molecular formula is C14H14N4. The molecule has 1 aromatic carbocycles. The molecule has 0 saturated carbocycles. The molecule has 0 amide bonds. The first-order chi connectivity index (χ1) is 8.76. The molecule has 0 radical (unpaired) electrons. The van der Waals surface area contributed by atoms with Gasteiger partial charge in [-0.1, -0.05) is 13.0 Å². The lowest BCUT2D eigenvalue weighted by Gasteiger charge is -1.96. The fourth-order valence-corrected chi connectivity index (χ4v) is 2.01. The smallest absolute Gasteiger partial charge is 0.138 e. The van der Waals surface area contributed by atoms with E-state index in [0.717, 1.165) is 28.8 Å². The van der Waals surface area contributed by atoms with Gasteiger partial charge < -0.3 is 10.7 Å². The first-order valence-corrected chi connectivity index (χ1v) is 5.97. The number of rotatable bonds is 2. The summed E-state index contributed by atoms with van der Waals surface area (Å²) in [5.74, 6) is 1.33. The van der Waals surface area contributed by atoms with Gasteiger partial charge in [-0.15, -0.1) is 0 Å². The van der Waals surface area contributed by atoms with Crippen molar-refractivity contribution in [2.24, 2.45) is 0 Å². The molecule has 3 N–H and O–H groups in total. The van der Waals surface area contributed by atoms with Gasteiger partial charge in [0.05, 0.1) is 11.0 Å². The van der Waals surface area contributed by atoms with Crippen LogP contribution in [0.1, 0.15) is 12.5 Å². The molecule has 4 nitrogen and oxygen atoms in total. The van der Waals surface area contributed by atoms with Crippen molar-refractivity contribution in [1.82, 2.24) is 15.0 Å². The molecule has 4 heteroatoms. The first kappa shape index (κ1) is 10.8. The van der Waals surface area contributed by atoms with Crippen molar-refractivity contribution in [3.8, 4) is 11.4 Å². The fourth-order valence-electron chi connectivity index (χ4n) is 2.01. The number of nitrogen functional groups attached to an aromatic ring is 1. The molecule has 0 aliphatic carbocycles. The van der Waals surface area contributed by atoms with Gasteiger partial charge in [0.15, 0.2) is 0 Å². The van der Waals surface area contributed by atoms with Crippen LogP contribution in [0.2, 0.25) is 0 Å². The standard InChI is InChI=1S/C14H14N4/c1-2-9-3-4-11-12(7-9)18-14(17-11)10-5-6-16-13(15)8-10/h3-8H,2H2,1H3,(H2,15,16)(H,17,18). The highest BCUT2D eigenvalue weighted by atomic mass is 14.9. The van der Waals surface area contributed by atoms with Crippen molar-refractivity contribution in [3.05, 3.63) is 42.1 Å². The number of hydrogen-bond acceptors (Lipinski definition) is 3. The van der Waals surface area contributed by atoms with E-state index in [-0.39, 0.29) is 0 Å². The number of imidazole rings is 1. The number of anilines is 1. The minimum atomic E-state index is 0.502. The van der Waals surface area contributed by atoms with Crippen LogP contribution in [-0.2, 0) is 6.42 Å². The van der Waals surface area contributed by atoms with E-state index in [2.05, 4.69) is 34.0 Å². The summed E-state index contributed by atoms with van der Waals surface area (Å²) in [6.07, 6.45) is 2.71. The summed E-state index contributed by atoms with van der Waals surface area (Å²) in [4.78, 5) is 11.9. The van der Waals surface area contributed by atoms with E-state index in [4.69, 9.17) is 5.73 Å². The van der Waals surface area contributed by atoms with Crippen LogP contribution in [0, 0.1) is 0 Å². The number of H-pyrrole nitrogens is 1. The molecule has 0 aliphatic rings. The predicted molar refractivity (Wildman–Crippen MR) is 73.1 cm³/mol. The molecule has 3 aromatic rings. The summed E-state index contributed by atoms with van der Waals surface area (Å²) < 4.78 is 0. The van der Waals surface area contributed by atoms with E-state index in [0.29, 0.717) is 5.82 Å². The maximum Gasteiger partial charge on any atom is 0.138 e. The molecule has 18 heavy (non-hydrogen) atoms. The van der Waals surface area contributed by atoms with E-state index in [1.807, 2.05) is 18.2 Å². The van der Waals surface area contributed by atoms with Gasteiger partial charge in [0.2, 0.25) is 0 Å². The van der Waals surface area contributed by atoms with Crippen LogP contribution in [0.25, 0.3) is 22.4 Å². The largest absolute Gasteiger partial charge is 0.384 e. The highest BCUT2D eigenvalue weighted by molar-refractivity contribution is 5.80.